The molecule has 3 aromatic rings. The predicted molar refractivity (Wildman–Crippen MR) is 141 cm³/mol. The molecular weight excluding hydrogens is 462 g/mol. The van der Waals surface area contributed by atoms with Gasteiger partial charge in [0, 0.05) is 42.6 Å². The van der Waals surface area contributed by atoms with Gasteiger partial charge in [0.15, 0.2) is 11.2 Å². The third-order valence-corrected chi connectivity index (χ3v) is 7.59. The van der Waals surface area contributed by atoms with Crippen LogP contribution in [0.3, 0.4) is 0 Å². The minimum Gasteiger partial charge on any atom is -0.322 e. The van der Waals surface area contributed by atoms with E-state index in [-0.39, 0.29) is 18.2 Å². The molecule has 0 radical (unpaired) electrons. The Bertz CT molecular complexity index is 1320. The number of amides is 1. The van der Waals surface area contributed by atoms with Crippen LogP contribution in [0.1, 0.15) is 59.2 Å². The molecule has 0 saturated carbocycles. The number of aromatic amines is 1. The smallest absolute Gasteiger partial charge is 0.322 e. The summed E-state index contributed by atoms with van der Waals surface area (Å²) < 4.78 is 3.47. The summed E-state index contributed by atoms with van der Waals surface area (Å²) in [4.78, 5) is 49.1. The van der Waals surface area contributed by atoms with Crippen molar-refractivity contribution < 1.29 is 4.79 Å². The zero-order chi connectivity index (χ0) is 25.1. The number of unbranched alkanes of at least 4 members (excludes halogenated alkanes) is 1. The number of hydrogen-bond donors (Lipinski definition) is 1. The lowest BCUT2D eigenvalue weighted by Crippen LogP contribution is -2.32. The van der Waals surface area contributed by atoms with E-state index in [9.17, 15) is 14.4 Å². The van der Waals surface area contributed by atoms with Gasteiger partial charge in [-0.1, -0.05) is 46.2 Å². The number of H-pyrrole nitrogens is 1. The van der Waals surface area contributed by atoms with Crippen LogP contribution in [0.4, 0.5) is 5.69 Å². The molecule has 1 atom stereocenters. The zero-order valence-electron chi connectivity index (χ0n) is 21.0. The Hall–Kier alpha value is -2.81. The maximum absolute atomic E-state index is 13.4. The summed E-state index contributed by atoms with van der Waals surface area (Å²) in [5.74, 6) is 0.995. The van der Waals surface area contributed by atoms with Crippen LogP contribution in [0.15, 0.2) is 38.8 Å². The van der Waals surface area contributed by atoms with Crippen LogP contribution in [0.2, 0.25) is 0 Å². The highest BCUT2D eigenvalue weighted by Crippen LogP contribution is 2.37. The topological polar surface area (TPSA) is 93.0 Å². The van der Waals surface area contributed by atoms with Gasteiger partial charge < -0.3 is 9.47 Å². The lowest BCUT2D eigenvalue weighted by atomic mass is 10.2. The zero-order valence-corrected chi connectivity index (χ0v) is 21.9. The van der Waals surface area contributed by atoms with Crippen molar-refractivity contribution in [3.63, 3.8) is 0 Å². The van der Waals surface area contributed by atoms with E-state index in [4.69, 9.17) is 4.98 Å². The average molecular weight is 498 g/mol. The number of anilines is 1. The number of nitrogens with one attached hydrogen (secondary N) is 1. The Morgan fingerprint density at radius 2 is 2.00 bits per heavy atom. The van der Waals surface area contributed by atoms with Gasteiger partial charge in [-0.05, 0) is 30.9 Å². The molecule has 0 fully saturated rings. The Morgan fingerprint density at radius 1 is 1.23 bits per heavy atom. The SMILES string of the molecule is CCCCn1c(=O)[nH]c(=O)c2c1nc(CCC(=O)N1CCC(C)Sc3ccccc31)n2CC(C)C. The van der Waals surface area contributed by atoms with Gasteiger partial charge in [0.2, 0.25) is 5.91 Å². The molecule has 2 aromatic heterocycles. The van der Waals surface area contributed by atoms with E-state index < -0.39 is 11.2 Å². The summed E-state index contributed by atoms with van der Waals surface area (Å²) in [6.45, 7) is 10.2. The summed E-state index contributed by atoms with van der Waals surface area (Å²) in [6, 6.07) is 8.07. The molecule has 0 spiro atoms. The second-order valence-electron chi connectivity index (χ2n) is 9.70. The van der Waals surface area contributed by atoms with E-state index >= 15 is 0 Å². The molecular formula is C26H35N5O3S. The van der Waals surface area contributed by atoms with Gasteiger partial charge in [0.25, 0.3) is 5.56 Å². The number of imidazole rings is 1. The molecule has 0 saturated heterocycles. The standard InChI is InChI=1S/C26H35N5O3S/c1-5-6-14-30-24-23(25(33)28-26(30)34)31(16-17(2)3)21(27-24)11-12-22(32)29-15-13-18(4)35-20-10-8-7-9-19(20)29/h7-10,17-18H,5-6,11-16H2,1-4H3,(H,28,33,34). The van der Waals surface area contributed by atoms with Gasteiger partial charge in [-0.25, -0.2) is 9.78 Å². The van der Waals surface area contributed by atoms with Crippen molar-refractivity contribution in [3.8, 4) is 0 Å². The third kappa shape index (κ3) is 5.39. The highest BCUT2D eigenvalue weighted by Gasteiger charge is 2.25. The first-order chi connectivity index (χ1) is 16.8. The predicted octanol–water partition coefficient (Wildman–Crippen LogP) is 4.19. The van der Waals surface area contributed by atoms with Crippen LogP contribution >= 0.6 is 11.8 Å². The molecule has 9 heteroatoms. The fraction of sp³-hybridized carbons (Fsp3) is 0.538. The number of para-hydroxylation sites is 1. The van der Waals surface area contributed by atoms with Crippen molar-refractivity contribution in [2.24, 2.45) is 5.92 Å². The van der Waals surface area contributed by atoms with E-state index in [1.807, 2.05) is 39.4 Å². The molecule has 0 bridgehead atoms. The number of carbonyl (C=O) groups is 1. The van der Waals surface area contributed by atoms with Crippen LogP contribution in [0, 0.1) is 5.92 Å². The van der Waals surface area contributed by atoms with Crippen molar-refractivity contribution in [3.05, 3.63) is 50.9 Å². The molecule has 1 aromatic carbocycles. The second-order valence-corrected chi connectivity index (χ2v) is 11.2. The first-order valence-electron chi connectivity index (χ1n) is 12.6. The number of rotatable bonds is 8. The van der Waals surface area contributed by atoms with Crippen molar-refractivity contribution >= 4 is 34.5 Å². The number of hydrogen-bond acceptors (Lipinski definition) is 5. The van der Waals surface area contributed by atoms with Gasteiger partial charge in [-0.2, -0.15) is 0 Å². The molecule has 35 heavy (non-hydrogen) atoms. The van der Waals surface area contributed by atoms with E-state index in [0.717, 1.165) is 29.8 Å². The van der Waals surface area contributed by atoms with E-state index in [2.05, 4.69) is 38.7 Å². The quantitative estimate of drug-likeness (QED) is 0.504. The molecule has 1 aliphatic rings. The number of nitrogens with zero attached hydrogens (tertiary/aromatic N) is 4. The Kier molecular flexibility index (Phi) is 7.84. The fourth-order valence-electron chi connectivity index (χ4n) is 4.59. The lowest BCUT2D eigenvalue weighted by Gasteiger charge is -2.22. The van der Waals surface area contributed by atoms with Crippen molar-refractivity contribution in [1.29, 1.82) is 0 Å². The van der Waals surface area contributed by atoms with E-state index in [0.29, 0.717) is 48.3 Å². The van der Waals surface area contributed by atoms with Crippen LogP contribution < -0.4 is 16.1 Å². The number of benzene rings is 1. The normalized spacial score (nSPS) is 16.0. The maximum Gasteiger partial charge on any atom is 0.330 e. The molecule has 188 valence electrons. The first-order valence-corrected chi connectivity index (χ1v) is 13.5. The van der Waals surface area contributed by atoms with Gasteiger partial charge >= 0.3 is 5.69 Å². The van der Waals surface area contributed by atoms with Crippen molar-refractivity contribution in [2.75, 3.05) is 11.4 Å². The molecule has 4 rings (SSSR count). The summed E-state index contributed by atoms with van der Waals surface area (Å²) in [5, 5.41) is 0.441. The van der Waals surface area contributed by atoms with Gasteiger partial charge in [-0.3, -0.25) is 19.1 Å². The highest BCUT2D eigenvalue weighted by atomic mass is 32.2. The maximum atomic E-state index is 13.4. The highest BCUT2D eigenvalue weighted by molar-refractivity contribution is 8.00. The van der Waals surface area contributed by atoms with Crippen LogP contribution in [-0.2, 0) is 24.3 Å². The van der Waals surface area contributed by atoms with Crippen molar-refractivity contribution in [1.82, 2.24) is 19.1 Å². The molecule has 0 aliphatic carbocycles. The molecule has 1 amide bonds. The van der Waals surface area contributed by atoms with Gasteiger partial charge in [-0.15, -0.1) is 11.8 Å². The molecule has 1 N–H and O–H groups in total. The first kappa shape index (κ1) is 25.3. The molecule has 8 nitrogen and oxygen atoms in total. The fourth-order valence-corrected chi connectivity index (χ4v) is 5.71. The second kappa shape index (κ2) is 10.8. The average Bonchev–Trinajstić information content (AvgIpc) is 3.06. The van der Waals surface area contributed by atoms with E-state index in [1.54, 1.807) is 4.57 Å². The number of aryl methyl sites for hydroxylation is 2. The Balaban J connectivity index is 1.67. The monoisotopic (exact) mass is 497 g/mol. The largest absolute Gasteiger partial charge is 0.330 e. The Labute approximate surface area is 209 Å². The van der Waals surface area contributed by atoms with Gasteiger partial charge in [0.1, 0.15) is 5.82 Å². The number of aromatic nitrogens is 4. The lowest BCUT2D eigenvalue weighted by molar-refractivity contribution is -0.118. The minimum absolute atomic E-state index is 0.0487. The summed E-state index contributed by atoms with van der Waals surface area (Å²) in [6.07, 6.45) is 3.36. The molecule has 3 heterocycles. The summed E-state index contributed by atoms with van der Waals surface area (Å²) in [7, 11) is 0. The Morgan fingerprint density at radius 3 is 2.74 bits per heavy atom. The number of carbonyl (C=O) groups excluding carboxylic acids is 1. The van der Waals surface area contributed by atoms with Crippen LogP contribution in [-0.4, -0.2) is 36.8 Å². The van der Waals surface area contributed by atoms with Crippen LogP contribution in [0.25, 0.3) is 11.2 Å². The van der Waals surface area contributed by atoms with E-state index in [1.165, 1.54) is 0 Å². The van der Waals surface area contributed by atoms with Crippen molar-refractivity contribution in [2.45, 2.75) is 83.0 Å². The minimum atomic E-state index is -0.430. The summed E-state index contributed by atoms with van der Waals surface area (Å²) >= 11 is 1.81. The number of thioether (sulfide) groups is 1. The third-order valence-electron chi connectivity index (χ3n) is 6.35. The van der Waals surface area contributed by atoms with Gasteiger partial charge in [0.05, 0.1) is 5.69 Å². The summed E-state index contributed by atoms with van der Waals surface area (Å²) in [5.41, 5.74) is 0.951. The number of fused-ring (bicyclic) bond motifs is 2. The molecule has 1 aliphatic heterocycles. The van der Waals surface area contributed by atoms with Crippen LogP contribution in [0.5, 0.6) is 0 Å². The molecule has 1 unspecified atom stereocenters.